The largest absolute Gasteiger partial charge is 0.452 e. The predicted octanol–water partition coefficient (Wildman–Crippen LogP) is 13.0. The Hall–Kier alpha value is -7.04. The van der Waals surface area contributed by atoms with Gasteiger partial charge in [0.1, 0.15) is 16.8 Å². The molecule has 4 heteroatoms. The maximum absolute atomic E-state index is 6.52. The number of para-hydroxylation sites is 1. The molecule has 0 saturated heterocycles. The van der Waals surface area contributed by atoms with Gasteiger partial charge >= 0.3 is 0 Å². The summed E-state index contributed by atoms with van der Waals surface area (Å²) in [6.07, 6.45) is 4.28. The van der Waals surface area contributed by atoms with Gasteiger partial charge in [-0.1, -0.05) is 133 Å². The second-order valence-electron chi connectivity index (χ2n) is 14.1. The lowest BCUT2D eigenvalue weighted by Gasteiger charge is -2.19. The quantitative estimate of drug-likeness (QED) is 0.180. The van der Waals surface area contributed by atoms with E-state index in [1.807, 2.05) is 36.4 Å². The van der Waals surface area contributed by atoms with E-state index in [-0.39, 0.29) is 0 Å². The third-order valence-electron chi connectivity index (χ3n) is 10.9. The van der Waals surface area contributed by atoms with E-state index < -0.39 is 0 Å². The number of aryl methyl sites for hydroxylation is 1. The number of hydrogen-bond acceptors (Lipinski definition) is 3. The molecule has 10 aromatic rings. The minimum Gasteiger partial charge on any atom is -0.452 e. The molecule has 7 aromatic carbocycles. The van der Waals surface area contributed by atoms with Crippen molar-refractivity contribution in [1.29, 1.82) is 0 Å². The van der Waals surface area contributed by atoms with Crippen LogP contribution in [0.25, 0.3) is 95.0 Å². The van der Waals surface area contributed by atoms with Crippen LogP contribution in [-0.4, -0.2) is 14.5 Å². The lowest BCUT2D eigenvalue weighted by molar-refractivity contribution is 0.667. The molecule has 3 aromatic heterocycles. The number of fused-ring (bicyclic) bond motifs is 7. The van der Waals surface area contributed by atoms with Crippen molar-refractivity contribution in [3.63, 3.8) is 0 Å². The summed E-state index contributed by atoms with van der Waals surface area (Å²) in [5.74, 6) is 0.691. The minimum atomic E-state index is 0.691. The Bertz CT molecular complexity index is 3080. The van der Waals surface area contributed by atoms with Crippen LogP contribution in [0.15, 0.2) is 174 Å². The van der Waals surface area contributed by atoms with E-state index in [9.17, 15) is 0 Å². The number of benzene rings is 7. The van der Waals surface area contributed by atoms with Gasteiger partial charge < -0.3 is 8.98 Å². The Morgan fingerprint density at radius 1 is 0.481 bits per heavy atom. The van der Waals surface area contributed by atoms with Crippen LogP contribution in [0.4, 0.5) is 0 Å². The van der Waals surface area contributed by atoms with Gasteiger partial charge in [-0.2, -0.15) is 0 Å². The highest BCUT2D eigenvalue weighted by Gasteiger charge is 2.21. The van der Waals surface area contributed by atoms with E-state index in [0.717, 1.165) is 46.1 Å². The molecule has 4 nitrogen and oxygen atoms in total. The zero-order valence-corrected chi connectivity index (χ0v) is 29.4. The lowest BCUT2D eigenvalue weighted by Crippen LogP contribution is -2.02. The summed E-state index contributed by atoms with van der Waals surface area (Å²) in [4.78, 5) is 10.1. The number of furan rings is 1. The van der Waals surface area contributed by atoms with Crippen LogP contribution in [0.1, 0.15) is 23.1 Å². The molecule has 254 valence electrons. The van der Waals surface area contributed by atoms with E-state index in [2.05, 4.69) is 144 Å². The van der Waals surface area contributed by atoms with Gasteiger partial charge in [-0.25, -0.2) is 9.97 Å². The van der Waals surface area contributed by atoms with Gasteiger partial charge in [0.05, 0.1) is 11.0 Å². The highest BCUT2D eigenvalue weighted by atomic mass is 16.3. The Labute approximate surface area is 312 Å². The SMILES string of the molecule is C1=C(c2ccc3oc4c(-c5ccccc5)nc(-c5ccccc5)nc4c3c2)CCc2cc(-n3c4ccccc4c4cc(-c5ccccc5)ccc43)ccc21. The Morgan fingerprint density at radius 3 is 1.98 bits per heavy atom. The molecule has 0 atom stereocenters. The first kappa shape index (κ1) is 30.6. The number of allylic oxidation sites excluding steroid dienone is 1. The summed E-state index contributed by atoms with van der Waals surface area (Å²) in [5.41, 5.74) is 16.4. The van der Waals surface area contributed by atoms with Crippen LogP contribution < -0.4 is 0 Å². The Balaban J connectivity index is 0.997. The maximum atomic E-state index is 6.52. The van der Waals surface area contributed by atoms with Crippen molar-refractivity contribution in [3.05, 3.63) is 187 Å². The molecule has 0 N–H and O–H groups in total. The lowest BCUT2D eigenvalue weighted by atomic mass is 9.88. The zero-order chi connectivity index (χ0) is 35.6. The van der Waals surface area contributed by atoms with Gasteiger partial charge in [-0.05, 0) is 88.7 Å². The summed E-state index contributed by atoms with van der Waals surface area (Å²) in [7, 11) is 0. The van der Waals surface area contributed by atoms with Crippen molar-refractivity contribution in [3.8, 4) is 39.5 Å². The third-order valence-corrected chi connectivity index (χ3v) is 10.9. The fourth-order valence-corrected chi connectivity index (χ4v) is 8.26. The molecule has 0 saturated carbocycles. The highest BCUT2D eigenvalue weighted by Crippen LogP contribution is 2.40. The molecule has 0 amide bonds. The highest BCUT2D eigenvalue weighted by molar-refractivity contribution is 6.11. The number of rotatable bonds is 5. The summed E-state index contributed by atoms with van der Waals surface area (Å²) < 4.78 is 8.94. The number of nitrogens with zero attached hydrogens (tertiary/aromatic N) is 3. The summed E-state index contributed by atoms with van der Waals surface area (Å²) >= 11 is 0. The van der Waals surface area contributed by atoms with Crippen LogP contribution in [-0.2, 0) is 6.42 Å². The predicted molar refractivity (Wildman–Crippen MR) is 223 cm³/mol. The Morgan fingerprint density at radius 2 is 1.17 bits per heavy atom. The van der Waals surface area contributed by atoms with E-state index in [0.29, 0.717) is 11.4 Å². The maximum Gasteiger partial charge on any atom is 0.180 e. The molecule has 1 aliphatic carbocycles. The topological polar surface area (TPSA) is 43.9 Å². The Kier molecular flexibility index (Phi) is 6.96. The van der Waals surface area contributed by atoms with Gasteiger partial charge in [-0.3, -0.25) is 0 Å². The molecule has 11 rings (SSSR count). The fraction of sp³-hybridized carbons (Fsp3) is 0.0400. The molecule has 54 heavy (non-hydrogen) atoms. The molecular weight excluding hydrogens is 659 g/mol. The average Bonchev–Trinajstić information content (AvgIpc) is 3.79. The van der Waals surface area contributed by atoms with E-state index in [4.69, 9.17) is 14.4 Å². The molecule has 3 heterocycles. The normalized spacial score (nSPS) is 12.8. The van der Waals surface area contributed by atoms with Crippen LogP contribution in [0.2, 0.25) is 0 Å². The number of aromatic nitrogens is 3. The van der Waals surface area contributed by atoms with Crippen LogP contribution >= 0.6 is 0 Å². The second-order valence-corrected chi connectivity index (χ2v) is 14.1. The van der Waals surface area contributed by atoms with E-state index in [1.54, 1.807) is 0 Å². The molecule has 1 aliphatic rings. The second kappa shape index (κ2) is 12.3. The molecule has 0 spiro atoms. The molecule has 0 unspecified atom stereocenters. The minimum absolute atomic E-state index is 0.691. The van der Waals surface area contributed by atoms with Crippen molar-refractivity contribution in [2.24, 2.45) is 0 Å². The smallest absolute Gasteiger partial charge is 0.180 e. The summed E-state index contributed by atoms with van der Waals surface area (Å²) in [5, 5.41) is 3.54. The standard InChI is InChI=1S/C50H33N3O/c1-4-12-32(13-5-1)38-23-26-45-42(30-38)41-18-10-11-19-44(41)53(45)40-25-22-36-28-35(20-21-37(36)29-40)39-24-27-46-43(31-39)48-49(54-46)47(33-14-6-2-7-15-33)51-50(52-48)34-16-8-3-9-17-34/h1-19,22-31H,20-21H2. The van der Waals surface area contributed by atoms with Crippen LogP contribution in [0.5, 0.6) is 0 Å². The first-order chi connectivity index (χ1) is 26.7. The zero-order valence-electron chi connectivity index (χ0n) is 29.4. The number of hydrogen-bond donors (Lipinski definition) is 0. The first-order valence-corrected chi connectivity index (χ1v) is 18.5. The van der Waals surface area contributed by atoms with Crippen LogP contribution in [0, 0.1) is 0 Å². The fourth-order valence-electron chi connectivity index (χ4n) is 8.26. The van der Waals surface area contributed by atoms with Gasteiger partial charge in [0.25, 0.3) is 0 Å². The molecule has 0 radical (unpaired) electrons. The summed E-state index contributed by atoms with van der Waals surface area (Å²) in [6, 6.07) is 60.2. The summed E-state index contributed by atoms with van der Waals surface area (Å²) in [6.45, 7) is 0. The van der Waals surface area contributed by atoms with Crippen molar-refractivity contribution in [2.75, 3.05) is 0 Å². The molecule has 0 bridgehead atoms. The van der Waals surface area contributed by atoms with Gasteiger partial charge in [0.2, 0.25) is 0 Å². The van der Waals surface area contributed by atoms with Gasteiger partial charge in [0.15, 0.2) is 11.4 Å². The van der Waals surface area contributed by atoms with Crippen LogP contribution in [0.3, 0.4) is 0 Å². The van der Waals surface area contributed by atoms with E-state index >= 15 is 0 Å². The van der Waals surface area contributed by atoms with Crippen molar-refractivity contribution in [1.82, 2.24) is 14.5 Å². The third kappa shape index (κ3) is 4.99. The molecule has 0 fully saturated rings. The van der Waals surface area contributed by atoms with Gasteiger partial charge in [0, 0.05) is 33.0 Å². The van der Waals surface area contributed by atoms with E-state index in [1.165, 1.54) is 60.9 Å². The first-order valence-electron chi connectivity index (χ1n) is 18.5. The van der Waals surface area contributed by atoms with Gasteiger partial charge in [-0.15, -0.1) is 0 Å². The van der Waals surface area contributed by atoms with Crippen molar-refractivity contribution < 1.29 is 4.42 Å². The molecule has 0 aliphatic heterocycles. The van der Waals surface area contributed by atoms with Crippen molar-refractivity contribution >= 4 is 55.5 Å². The van der Waals surface area contributed by atoms with Crippen molar-refractivity contribution in [2.45, 2.75) is 12.8 Å². The molecular formula is C50H33N3O. The average molecular weight is 692 g/mol. The monoisotopic (exact) mass is 691 g/mol.